The molecule has 2 aromatic carbocycles. The third kappa shape index (κ3) is 4.93. The molecule has 0 spiro atoms. The molecular formula is C16H15BrClNO2S. The molecule has 0 fully saturated rings. The SMILES string of the molecule is COc1ccc(NC(=O)CSCc2ccccc2Br)cc1Cl. The molecule has 0 atom stereocenters. The van der Waals surface area contributed by atoms with Crippen LogP contribution in [0.3, 0.4) is 0 Å². The Hall–Kier alpha value is -1.17. The summed E-state index contributed by atoms with van der Waals surface area (Å²) in [7, 11) is 1.55. The molecule has 2 rings (SSSR count). The molecule has 116 valence electrons. The van der Waals surface area contributed by atoms with Crippen LogP contribution in [0.25, 0.3) is 0 Å². The molecule has 1 amide bonds. The van der Waals surface area contributed by atoms with Gasteiger partial charge in [0.15, 0.2) is 0 Å². The van der Waals surface area contributed by atoms with Gasteiger partial charge in [0, 0.05) is 15.9 Å². The van der Waals surface area contributed by atoms with Gasteiger partial charge in [0.25, 0.3) is 0 Å². The van der Waals surface area contributed by atoms with Crippen LogP contribution in [0.15, 0.2) is 46.9 Å². The Labute approximate surface area is 147 Å². The van der Waals surface area contributed by atoms with Crippen LogP contribution in [-0.4, -0.2) is 18.8 Å². The van der Waals surface area contributed by atoms with E-state index in [1.165, 1.54) is 5.56 Å². The average molecular weight is 401 g/mol. The molecule has 2 aromatic rings. The van der Waals surface area contributed by atoms with Crippen molar-refractivity contribution >= 4 is 50.9 Å². The number of hydrogen-bond donors (Lipinski definition) is 1. The Kier molecular flexibility index (Phi) is 6.61. The molecule has 0 heterocycles. The van der Waals surface area contributed by atoms with Crippen LogP contribution in [-0.2, 0) is 10.5 Å². The molecule has 1 N–H and O–H groups in total. The van der Waals surface area contributed by atoms with Crippen LogP contribution in [0, 0.1) is 0 Å². The topological polar surface area (TPSA) is 38.3 Å². The number of methoxy groups -OCH3 is 1. The maximum Gasteiger partial charge on any atom is 0.234 e. The number of ether oxygens (including phenoxy) is 1. The first-order valence-electron chi connectivity index (χ1n) is 6.54. The van der Waals surface area contributed by atoms with Crippen LogP contribution in [0.4, 0.5) is 5.69 Å². The van der Waals surface area contributed by atoms with Crippen molar-refractivity contribution in [1.82, 2.24) is 0 Å². The molecule has 0 radical (unpaired) electrons. The van der Waals surface area contributed by atoms with Gasteiger partial charge < -0.3 is 10.1 Å². The number of rotatable bonds is 6. The van der Waals surface area contributed by atoms with Crippen molar-refractivity contribution in [3.05, 3.63) is 57.5 Å². The van der Waals surface area contributed by atoms with Crippen molar-refractivity contribution in [3.8, 4) is 5.75 Å². The second-order valence-electron chi connectivity index (χ2n) is 4.48. The summed E-state index contributed by atoms with van der Waals surface area (Å²) >= 11 is 11.1. The third-order valence-corrected chi connectivity index (χ3v) is 4.93. The van der Waals surface area contributed by atoms with Crippen molar-refractivity contribution in [2.24, 2.45) is 0 Å². The fourth-order valence-electron chi connectivity index (χ4n) is 1.81. The number of hydrogen-bond acceptors (Lipinski definition) is 3. The molecule has 22 heavy (non-hydrogen) atoms. The van der Waals surface area contributed by atoms with Gasteiger partial charge in [-0.25, -0.2) is 0 Å². The van der Waals surface area contributed by atoms with E-state index in [2.05, 4.69) is 21.2 Å². The molecule has 0 saturated carbocycles. The number of anilines is 1. The third-order valence-electron chi connectivity index (χ3n) is 2.88. The first-order chi connectivity index (χ1) is 10.6. The van der Waals surface area contributed by atoms with Crippen LogP contribution in [0.2, 0.25) is 5.02 Å². The van der Waals surface area contributed by atoms with Gasteiger partial charge in [-0.05, 0) is 29.8 Å². The Morgan fingerprint density at radius 1 is 1.32 bits per heavy atom. The predicted octanol–water partition coefficient (Wildman–Crippen LogP) is 4.98. The Morgan fingerprint density at radius 3 is 2.77 bits per heavy atom. The monoisotopic (exact) mass is 399 g/mol. The molecular weight excluding hydrogens is 386 g/mol. The van der Waals surface area contributed by atoms with Gasteiger partial charge in [0.2, 0.25) is 5.91 Å². The number of carbonyl (C=O) groups is 1. The van der Waals surface area contributed by atoms with Gasteiger partial charge in [0.05, 0.1) is 17.9 Å². The number of amides is 1. The lowest BCUT2D eigenvalue weighted by Crippen LogP contribution is -2.14. The predicted molar refractivity (Wildman–Crippen MR) is 96.9 cm³/mol. The molecule has 0 saturated heterocycles. The smallest absolute Gasteiger partial charge is 0.234 e. The van der Waals surface area contributed by atoms with Crippen LogP contribution in [0.5, 0.6) is 5.75 Å². The molecule has 0 bridgehead atoms. The van der Waals surface area contributed by atoms with E-state index in [4.69, 9.17) is 16.3 Å². The van der Waals surface area contributed by atoms with Gasteiger partial charge >= 0.3 is 0 Å². The van der Waals surface area contributed by atoms with Gasteiger partial charge in [-0.3, -0.25) is 4.79 Å². The highest BCUT2D eigenvalue weighted by molar-refractivity contribution is 9.10. The van der Waals surface area contributed by atoms with E-state index in [0.29, 0.717) is 22.2 Å². The Balaban J connectivity index is 1.83. The van der Waals surface area contributed by atoms with Gasteiger partial charge in [-0.15, -0.1) is 11.8 Å². The largest absolute Gasteiger partial charge is 0.495 e. The summed E-state index contributed by atoms with van der Waals surface area (Å²) in [4.78, 5) is 11.9. The lowest BCUT2D eigenvalue weighted by Gasteiger charge is -2.08. The number of nitrogens with one attached hydrogen (secondary N) is 1. The highest BCUT2D eigenvalue weighted by atomic mass is 79.9. The van der Waals surface area contributed by atoms with Crippen molar-refractivity contribution in [3.63, 3.8) is 0 Å². The fraction of sp³-hybridized carbons (Fsp3) is 0.188. The highest BCUT2D eigenvalue weighted by Crippen LogP contribution is 2.27. The fourth-order valence-corrected chi connectivity index (χ4v) is 3.51. The summed E-state index contributed by atoms with van der Waals surface area (Å²) in [5.41, 5.74) is 1.84. The van der Waals surface area contributed by atoms with Crippen molar-refractivity contribution < 1.29 is 9.53 Å². The quantitative estimate of drug-likeness (QED) is 0.743. The minimum absolute atomic E-state index is 0.0571. The van der Waals surface area contributed by atoms with Gasteiger partial charge in [-0.1, -0.05) is 45.7 Å². The van der Waals surface area contributed by atoms with E-state index in [1.807, 2.05) is 24.3 Å². The van der Waals surface area contributed by atoms with Crippen molar-refractivity contribution in [1.29, 1.82) is 0 Å². The summed E-state index contributed by atoms with van der Waals surface area (Å²) in [6.45, 7) is 0. The summed E-state index contributed by atoms with van der Waals surface area (Å²) in [6, 6.07) is 13.2. The molecule has 3 nitrogen and oxygen atoms in total. The molecule has 0 aromatic heterocycles. The van der Waals surface area contributed by atoms with Gasteiger partial charge in [-0.2, -0.15) is 0 Å². The van der Waals surface area contributed by atoms with E-state index < -0.39 is 0 Å². The molecule has 0 aliphatic carbocycles. The average Bonchev–Trinajstić information content (AvgIpc) is 2.49. The molecule has 6 heteroatoms. The molecule has 0 aliphatic rings. The van der Waals surface area contributed by atoms with Crippen molar-refractivity contribution in [2.75, 3.05) is 18.2 Å². The second-order valence-corrected chi connectivity index (χ2v) is 6.73. The molecule has 0 aliphatic heterocycles. The summed E-state index contributed by atoms with van der Waals surface area (Å²) < 4.78 is 6.14. The number of benzene rings is 2. The number of halogens is 2. The van der Waals surface area contributed by atoms with E-state index in [-0.39, 0.29) is 5.91 Å². The van der Waals surface area contributed by atoms with E-state index in [1.54, 1.807) is 37.1 Å². The van der Waals surface area contributed by atoms with Crippen molar-refractivity contribution in [2.45, 2.75) is 5.75 Å². The second kappa shape index (κ2) is 8.46. The zero-order chi connectivity index (χ0) is 15.9. The zero-order valence-electron chi connectivity index (χ0n) is 11.9. The Morgan fingerprint density at radius 2 is 2.09 bits per heavy atom. The standard InChI is InChI=1S/C16H15BrClNO2S/c1-21-15-7-6-12(8-14(15)18)19-16(20)10-22-9-11-4-2-3-5-13(11)17/h2-8H,9-10H2,1H3,(H,19,20). The highest BCUT2D eigenvalue weighted by Gasteiger charge is 2.07. The van der Waals surface area contributed by atoms with Crippen LogP contribution < -0.4 is 10.1 Å². The van der Waals surface area contributed by atoms with Crippen LogP contribution >= 0.6 is 39.3 Å². The lowest BCUT2D eigenvalue weighted by molar-refractivity contribution is -0.113. The first-order valence-corrected chi connectivity index (χ1v) is 8.87. The lowest BCUT2D eigenvalue weighted by atomic mass is 10.2. The van der Waals surface area contributed by atoms with E-state index >= 15 is 0 Å². The van der Waals surface area contributed by atoms with E-state index in [0.717, 1.165) is 10.2 Å². The summed E-state index contributed by atoms with van der Waals surface area (Å²) in [6.07, 6.45) is 0. The maximum atomic E-state index is 11.9. The minimum atomic E-state index is -0.0571. The normalized spacial score (nSPS) is 10.3. The number of thioether (sulfide) groups is 1. The minimum Gasteiger partial charge on any atom is -0.495 e. The number of carbonyl (C=O) groups excluding carboxylic acids is 1. The summed E-state index contributed by atoms with van der Waals surface area (Å²) in [5, 5.41) is 3.30. The zero-order valence-corrected chi connectivity index (χ0v) is 15.1. The Bertz CT molecular complexity index is 666. The first kappa shape index (κ1) is 17.2. The maximum absolute atomic E-state index is 11.9. The summed E-state index contributed by atoms with van der Waals surface area (Å²) in [5.74, 6) is 1.68. The van der Waals surface area contributed by atoms with E-state index in [9.17, 15) is 4.79 Å². The van der Waals surface area contributed by atoms with Gasteiger partial charge in [0.1, 0.15) is 5.75 Å². The molecule has 0 unspecified atom stereocenters. The van der Waals surface area contributed by atoms with Crippen LogP contribution in [0.1, 0.15) is 5.56 Å².